The van der Waals surface area contributed by atoms with Gasteiger partial charge in [-0.2, -0.15) is 0 Å². The summed E-state index contributed by atoms with van der Waals surface area (Å²) in [6, 6.07) is 20.7. The molecular weight excluding hydrogens is 400 g/mol. The number of aromatic nitrogens is 3. The second kappa shape index (κ2) is 8.87. The van der Waals surface area contributed by atoms with Crippen molar-refractivity contribution in [1.29, 1.82) is 0 Å². The van der Waals surface area contributed by atoms with Crippen LogP contribution < -0.4 is 10.1 Å². The summed E-state index contributed by atoms with van der Waals surface area (Å²) in [5.74, 6) is 1.62. The van der Waals surface area contributed by atoms with Crippen molar-refractivity contribution in [2.75, 3.05) is 12.4 Å². The summed E-state index contributed by atoms with van der Waals surface area (Å²) >= 11 is 1.32. The molecule has 0 saturated carbocycles. The maximum Gasteiger partial charge on any atom is 0.237 e. The number of benzene rings is 2. The molecule has 2 heterocycles. The third-order valence-corrected chi connectivity index (χ3v) is 5.45. The Labute approximate surface area is 178 Å². The minimum absolute atomic E-state index is 0.160. The van der Waals surface area contributed by atoms with Gasteiger partial charge in [-0.15, -0.1) is 10.2 Å². The molecule has 7 nitrogen and oxygen atoms in total. The van der Waals surface area contributed by atoms with Gasteiger partial charge in [0.25, 0.3) is 0 Å². The number of carbonyl (C=O) groups is 1. The van der Waals surface area contributed by atoms with Gasteiger partial charge in [-0.25, -0.2) is 0 Å². The number of nitrogens with zero attached hydrogens (tertiary/aromatic N) is 3. The molecule has 0 aliphatic heterocycles. The van der Waals surface area contributed by atoms with Gasteiger partial charge < -0.3 is 14.5 Å². The molecule has 8 heteroatoms. The average molecular weight is 420 g/mol. The topological polar surface area (TPSA) is 82.2 Å². The molecule has 1 amide bonds. The zero-order valence-electron chi connectivity index (χ0n) is 16.5. The van der Waals surface area contributed by atoms with Crippen molar-refractivity contribution in [3.63, 3.8) is 0 Å². The van der Waals surface area contributed by atoms with Gasteiger partial charge in [0.1, 0.15) is 5.75 Å². The fourth-order valence-corrected chi connectivity index (χ4v) is 3.78. The van der Waals surface area contributed by atoms with Crippen LogP contribution in [-0.2, 0) is 4.79 Å². The molecule has 4 aromatic rings. The normalized spacial score (nSPS) is 11.8. The fourth-order valence-electron chi connectivity index (χ4n) is 2.92. The number of rotatable bonds is 7. The molecule has 1 atom stereocenters. The van der Waals surface area contributed by atoms with E-state index in [0.29, 0.717) is 28.2 Å². The van der Waals surface area contributed by atoms with Crippen LogP contribution in [0.1, 0.15) is 6.92 Å². The van der Waals surface area contributed by atoms with Crippen LogP contribution in [0.15, 0.2) is 82.6 Å². The summed E-state index contributed by atoms with van der Waals surface area (Å²) in [5.41, 5.74) is 1.51. The number of anilines is 1. The molecule has 2 aromatic carbocycles. The van der Waals surface area contributed by atoms with Crippen LogP contribution in [0.25, 0.3) is 17.3 Å². The second-order valence-electron chi connectivity index (χ2n) is 6.40. The largest absolute Gasteiger partial charge is 0.495 e. The highest BCUT2D eigenvalue weighted by molar-refractivity contribution is 8.00. The predicted octanol–water partition coefficient (Wildman–Crippen LogP) is 4.66. The number of carbonyl (C=O) groups excluding carboxylic acids is 1. The smallest absolute Gasteiger partial charge is 0.237 e. The number of hydrogen-bond donors (Lipinski definition) is 1. The summed E-state index contributed by atoms with van der Waals surface area (Å²) in [4.78, 5) is 12.8. The van der Waals surface area contributed by atoms with E-state index in [9.17, 15) is 4.79 Å². The van der Waals surface area contributed by atoms with E-state index in [0.717, 1.165) is 5.69 Å². The number of para-hydroxylation sites is 3. The molecule has 30 heavy (non-hydrogen) atoms. The number of furan rings is 1. The van der Waals surface area contributed by atoms with Crippen LogP contribution in [-0.4, -0.2) is 33.0 Å². The standard InChI is InChI=1S/C22H20N4O3S/c1-15(21(27)23-17-11-6-7-12-18(17)28-2)30-22-25-24-20(19-13-8-14-29-19)26(22)16-9-4-3-5-10-16/h3-15H,1-2H3,(H,23,27)/t15-/m0/s1. The van der Waals surface area contributed by atoms with E-state index in [1.54, 1.807) is 31.6 Å². The van der Waals surface area contributed by atoms with E-state index >= 15 is 0 Å². The lowest BCUT2D eigenvalue weighted by molar-refractivity contribution is -0.115. The fraction of sp³-hybridized carbons (Fsp3) is 0.136. The molecule has 0 spiro atoms. The Morgan fingerprint density at radius 3 is 2.57 bits per heavy atom. The number of ether oxygens (including phenoxy) is 1. The molecular formula is C22H20N4O3S. The lowest BCUT2D eigenvalue weighted by atomic mass is 10.3. The third-order valence-electron chi connectivity index (χ3n) is 4.41. The Balaban J connectivity index is 1.60. The SMILES string of the molecule is COc1ccccc1NC(=O)[C@H](C)Sc1nnc(-c2ccco2)n1-c1ccccc1. The Hall–Kier alpha value is -3.52. The maximum absolute atomic E-state index is 12.8. The van der Waals surface area contributed by atoms with Crippen LogP contribution in [0.4, 0.5) is 5.69 Å². The Kier molecular flexibility index (Phi) is 5.85. The number of nitrogens with one attached hydrogen (secondary N) is 1. The van der Waals surface area contributed by atoms with E-state index in [2.05, 4.69) is 15.5 Å². The maximum atomic E-state index is 12.8. The second-order valence-corrected chi connectivity index (χ2v) is 7.71. The van der Waals surface area contributed by atoms with Crippen LogP contribution in [0.2, 0.25) is 0 Å². The molecule has 0 fully saturated rings. The zero-order chi connectivity index (χ0) is 20.9. The lowest BCUT2D eigenvalue weighted by Gasteiger charge is -2.15. The molecule has 0 radical (unpaired) electrons. The monoisotopic (exact) mass is 420 g/mol. The average Bonchev–Trinajstić information content (AvgIpc) is 3.44. The molecule has 1 N–H and O–H groups in total. The van der Waals surface area contributed by atoms with Gasteiger partial charge in [-0.1, -0.05) is 42.1 Å². The highest BCUT2D eigenvalue weighted by Gasteiger charge is 2.23. The molecule has 0 unspecified atom stereocenters. The Morgan fingerprint density at radius 2 is 1.83 bits per heavy atom. The van der Waals surface area contributed by atoms with E-state index in [4.69, 9.17) is 9.15 Å². The summed E-state index contributed by atoms with van der Waals surface area (Å²) in [7, 11) is 1.57. The van der Waals surface area contributed by atoms with Crippen LogP contribution in [0.5, 0.6) is 5.75 Å². The van der Waals surface area contributed by atoms with Crippen LogP contribution >= 0.6 is 11.8 Å². The summed E-state index contributed by atoms with van der Waals surface area (Å²) in [5, 5.41) is 11.7. The van der Waals surface area contributed by atoms with E-state index in [1.807, 2.05) is 60.0 Å². The van der Waals surface area contributed by atoms with Crippen molar-refractivity contribution < 1.29 is 13.9 Å². The molecule has 152 valence electrons. The van der Waals surface area contributed by atoms with Gasteiger partial charge in [0.2, 0.25) is 11.7 Å². The zero-order valence-corrected chi connectivity index (χ0v) is 17.3. The summed E-state index contributed by atoms with van der Waals surface area (Å²) < 4.78 is 12.7. The van der Waals surface area contributed by atoms with Crippen molar-refractivity contribution in [3.8, 4) is 23.0 Å². The minimum atomic E-state index is -0.425. The van der Waals surface area contributed by atoms with E-state index < -0.39 is 5.25 Å². The molecule has 0 saturated heterocycles. The summed E-state index contributed by atoms with van der Waals surface area (Å²) in [6.07, 6.45) is 1.59. The first-order valence-electron chi connectivity index (χ1n) is 9.32. The lowest BCUT2D eigenvalue weighted by Crippen LogP contribution is -2.23. The highest BCUT2D eigenvalue weighted by Crippen LogP contribution is 2.31. The highest BCUT2D eigenvalue weighted by atomic mass is 32.2. The third kappa shape index (κ3) is 4.08. The van der Waals surface area contributed by atoms with Crippen molar-refractivity contribution in [2.45, 2.75) is 17.3 Å². The minimum Gasteiger partial charge on any atom is -0.495 e. The van der Waals surface area contributed by atoms with E-state index in [1.165, 1.54) is 11.8 Å². The Bertz CT molecular complexity index is 1130. The number of methoxy groups -OCH3 is 1. The van der Waals surface area contributed by atoms with Gasteiger partial charge in [0.15, 0.2) is 10.9 Å². The first kappa shape index (κ1) is 19.8. The number of amides is 1. The van der Waals surface area contributed by atoms with E-state index in [-0.39, 0.29) is 5.91 Å². The molecule has 2 aromatic heterocycles. The van der Waals surface area contributed by atoms with Crippen LogP contribution in [0.3, 0.4) is 0 Å². The first-order valence-corrected chi connectivity index (χ1v) is 10.2. The van der Waals surface area contributed by atoms with Gasteiger partial charge in [0.05, 0.1) is 24.3 Å². The predicted molar refractivity (Wildman–Crippen MR) is 116 cm³/mol. The quantitative estimate of drug-likeness (QED) is 0.438. The van der Waals surface area contributed by atoms with Gasteiger partial charge in [-0.3, -0.25) is 9.36 Å². The number of hydrogen-bond acceptors (Lipinski definition) is 6. The molecule has 4 rings (SSSR count). The van der Waals surface area contributed by atoms with Gasteiger partial charge >= 0.3 is 0 Å². The van der Waals surface area contributed by atoms with Crippen molar-refractivity contribution in [2.24, 2.45) is 0 Å². The Morgan fingerprint density at radius 1 is 1.07 bits per heavy atom. The van der Waals surface area contributed by atoms with Crippen molar-refractivity contribution in [3.05, 3.63) is 73.0 Å². The van der Waals surface area contributed by atoms with Gasteiger partial charge in [-0.05, 0) is 43.3 Å². The van der Waals surface area contributed by atoms with Gasteiger partial charge in [0, 0.05) is 5.69 Å². The number of thioether (sulfide) groups is 1. The van der Waals surface area contributed by atoms with Crippen molar-refractivity contribution in [1.82, 2.24) is 14.8 Å². The molecule has 0 bridgehead atoms. The van der Waals surface area contributed by atoms with Crippen LogP contribution in [0, 0.1) is 0 Å². The van der Waals surface area contributed by atoms with Crippen molar-refractivity contribution >= 4 is 23.4 Å². The molecule has 0 aliphatic rings. The summed E-state index contributed by atoms with van der Waals surface area (Å²) in [6.45, 7) is 1.83. The molecule has 0 aliphatic carbocycles. The first-order chi connectivity index (χ1) is 14.7.